The molecule has 1 saturated carbocycles. The third-order valence-corrected chi connectivity index (χ3v) is 5.84. The van der Waals surface area contributed by atoms with Crippen LogP contribution in [0.3, 0.4) is 0 Å². The molecule has 3 heterocycles. The Morgan fingerprint density at radius 3 is 2.90 bits per heavy atom. The Labute approximate surface area is 118 Å². The molecular weight excluding hydrogens is 260 g/mol. The molecule has 0 amide bonds. The lowest BCUT2D eigenvalue weighted by Crippen LogP contribution is -2.64. The molecule has 1 aliphatic carbocycles. The van der Waals surface area contributed by atoms with Crippen molar-refractivity contribution in [3.63, 3.8) is 0 Å². The van der Waals surface area contributed by atoms with Gasteiger partial charge in [0.05, 0.1) is 0 Å². The zero-order valence-electron chi connectivity index (χ0n) is 12.0. The van der Waals surface area contributed by atoms with E-state index in [1.807, 2.05) is 6.92 Å². The molecule has 2 bridgehead atoms. The molecule has 0 aromatic rings. The zero-order valence-corrected chi connectivity index (χ0v) is 12.0. The molecule has 1 N–H and O–H groups in total. The van der Waals surface area contributed by atoms with E-state index in [4.69, 9.17) is 19.5 Å². The molecule has 1 spiro atoms. The van der Waals surface area contributed by atoms with Gasteiger partial charge < -0.3 is 14.2 Å². The summed E-state index contributed by atoms with van der Waals surface area (Å²) in [6, 6.07) is 0. The molecule has 0 aromatic carbocycles. The van der Waals surface area contributed by atoms with Crippen molar-refractivity contribution in [2.45, 2.75) is 63.5 Å². The molecule has 4 fully saturated rings. The number of hydrogen-bond acceptors (Lipinski definition) is 5. The van der Waals surface area contributed by atoms with Crippen molar-refractivity contribution in [2.75, 3.05) is 0 Å². The van der Waals surface area contributed by atoms with E-state index in [0.29, 0.717) is 11.8 Å². The van der Waals surface area contributed by atoms with Crippen molar-refractivity contribution in [1.29, 1.82) is 0 Å². The fraction of sp³-hybridized carbons (Fsp3) is 0.867. The van der Waals surface area contributed by atoms with E-state index in [9.17, 15) is 0 Å². The van der Waals surface area contributed by atoms with Gasteiger partial charge in [-0.3, -0.25) is 0 Å². The summed E-state index contributed by atoms with van der Waals surface area (Å²) >= 11 is 0. The highest BCUT2D eigenvalue weighted by Crippen LogP contribution is 2.63. The van der Waals surface area contributed by atoms with Crippen LogP contribution in [-0.4, -0.2) is 29.2 Å². The summed E-state index contributed by atoms with van der Waals surface area (Å²) in [5, 5.41) is 9.05. The van der Waals surface area contributed by atoms with Gasteiger partial charge in [-0.05, 0) is 43.6 Å². The molecule has 112 valence electrons. The SMILES string of the molecule is C=C1C(OO)O[C@@H]2O[C@@]3(C)CC[C@H]4[C@H](C)CC[C@@H]1[C@@]24O3. The summed E-state index contributed by atoms with van der Waals surface area (Å²) < 4.78 is 18.3. The molecule has 0 aromatic heterocycles. The second-order valence-electron chi connectivity index (χ2n) is 6.94. The molecule has 5 nitrogen and oxygen atoms in total. The molecule has 1 unspecified atom stereocenters. The van der Waals surface area contributed by atoms with Crippen molar-refractivity contribution >= 4 is 0 Å². The molecule has 5 heteroatoms. The summed E-state index contributed by atoms with van der Waals surface area (Å²) in [5.41, 5.74) is 0.326. The number of rotatable bonds is 1. The van der Waals surface area contributed by atoms with Crippen molar-refractivity contribution in [1.82, 2.24) is 0 Å². The van der Waals surface area contributed by atoms with Gasteiger partial charge in [0, 0.05) is 12.3 Å². The summed E-state index contributed by atoms with van der Waals surface area (Å²) in [6.07, 6.45) is 2.81. The summed E-state index contributed by atoms with van der Waals surface area (Å²) in [6.45, 7) is 8.36. The lowest BCUT2D eigenvalue weighted by molar-refractivity contribution is -0.384. The van der Waals surface area contributed by atoms with Gasteiger partial charge in [0.1, 0.15) is 5.60 Å². The lowest BCUT2D eigenvalue weighted by Gasteiger charge is -2.56. The zero-order chi connectivity index (χ0) is 14.1. The smallest absolute Gasteiger partial charge is 0.215 e. The molecule has 4 rings (SSSR count). The van der Waals surface area contributed by atoms with Crippen molar-refractivity contribution < 1.29 is 24.4 Å². The van der Waals surface area contributed by atoms with Gasteiger partial charge in [-0.1, -0.05) is 13.5 Å². The minimum atomic E-state index is -0.809. The van der Waals surface area contributed by atoms with Gasteiger partial charge >= 0.3 is 0 Å². The molecule has 20 heavy (non-hydrogen) atoms. The van der Waals surface area contributed by atoms with Crippen LogP contribution < -0.4 is 0 Å². The van der Waals surface area contributed by atoms with Gasteiger partial charge in [-0.25, -0.2) is 10.1 Å². The van der Waals surface area contributed by atoms with Crippen LogP contribution in [0.2, 0.25) is 0 Å². The monoisotopic (exact) mass is 282 g/mol. The Kier molecular flexibility index (Phi) is 2.68. The van der Waals surface area contributed by atoms with Crippen LogP contribution in [0.4, 0.5) is 0 Å². The Balaban J connectivity index is 1.81. The van der Waals surface area contributed by atoms with Crippen LogP contribution >= 0.6 is 0 Å². The van der Waals surface area contributed by atoms with E-state index in [1.165, 1.54) is 0 Å². The van der Waals surface area contributed by atoms with Crippen LogP contribution in [-0.2, 0) is 19.1 Å². The summed E-state index contributed by atoms with van der Waals surface area (Å²) in [4.78, 5) is 4.45. The number of fused-ring (bicyclic) bond motifs is 1. The largest absolute Gasteiger partial charge is 0.337 e. The molecule has 0 radical (unpaired) electrons. The van der Waals surface area contributed by atoms with Crippen LogP contribution in [0.1, 0.15) is 39.5 Å². The normalized spacial score (nSPS) is 57.5. The van der Waals surface area contributed by atoms with E-state index >= 15 is 0 Å². The standard InChI is InChI=1S/C15H22O5/c1-8-4-5-11-9(2)12(19-16)17-13-15(11)10(8)6-7-14(3,18-13)20-15/h8,10-13,16H,2,4-7H2,1,3H3/t8-,10+,11+,12?,13-,14-,15-/m1/s1. The fourth-order valence-corrected chi connectivity index (χ4v) is 4.91. The summed E-state index contributed by atoms with van der Waals surface area (Å²) in [5.74, 6) is 0.545. The molecule has 4 aliphatic rings. The van der Waals surface area contributed by atoms with Crippen LogP contribution in [0, 0.1) is 17.8 Å². The van der Waals surface area contributed by atoms with E-state index in [0.717, 1.165) is 31.3 Å². The first-order valence-corrected chi connectivity index (χ1v) is 7.52. The molecular formula is C15H22O5. The third kappa shape index (κ3) is 1.45. The number of hydrogen-bond donors (Lipinski definition) is 1. The summed E-state index contributed by atoms with van der Waals surface area (Å²) in [7, 11) is 0. The highest BCUT2D eigenvalue weighted by Gasteiger charge is 2.71. The lowest BCUT2D eigenvalue weighted by atomic mass is 9.58. The van der Waals surface area contributed by atoms with Gasteiger partial charge in [0.15, 0.2) is 12.1 Å². The Hall–Kier alpha value is -0.460. The quantitative estimate of drug-likeness (QED) is 0.455. The van der Waals surface area contributed by atoms with Crippen molar-refractivity contribution in [3.8, 4) is 0 Å². The third-order valence-electron chi connectivity index (χ3n) is 5.84. The van der Waals surface area contributed by atoms with Crippen LogP contribution in [0.15, 0.2) is 12.2 Å². The maximum Gasteiger partial charge on any atom is 0.215 e. The van der Waals surface area contributed by atoms with E-state index in [2.05, 4.69) is 18.4 Å². The van der Waals surface area contributed by atoms with Crippen molar-refractivity contribution in [3.05, 3.63) is 12.2 Å². The average Bonchev–Trinajstić information content (AvgIpc) is 2.63. The topological polar surface area (TPSA) is 57.2 Å². The van der Waals surface area contributed by atoms with Gasteiger partial charge in [0.2, 0.25) is 6.29 Å². The first-order valence-electron chi connectivity index (χ1n) is 7.52. The Morgan fingerprint density at radius 2 is 2.15 bits per heavy atom. The van der Waals surface area contributed by atoms with Crippen molar-refractivity contribution in [2.24, 2.45) is 17.8 Å². The maximum atomic E-state index is 9.05. The van der Waals surface area contributed by atoms with Gasteiger partial charge in [-0.15, -0.1) is 0 Å². The second-order valence-corrected chi connectivity index (χ2v) is 6.94. The maximum absolute atomic E-state index is 9.05. The van der Waals surface area contributed by atoms with Gasteiger partial charge in [-0.2, -0.15) is 0 Å². The first-order chi connectivity index (χ1) is 9.50. The Bertz CT molecular complexity index is 452. The fourth-order valence-electron chi connectivity index (χ4n) is 4.91. The number of ether oxygens (including phenoxy) is 3. The van der Waals surface area contributed by atoms with Gasteiger partial charge in [0.25, 0.3) is 0 Å². The van der Waals surface area contributed by atoms with E-state index in [1.54, 1.807) is 0 Å². The molecule has 7 atom stereocenters. The minimum Gasteiger partial charge on any atom is -0.337 e. The predicted molar refractivity (Wildman–Crippen MR) is 69.4 cm³/mol. The highest BCUT2D eigenvalue weighted by atomic mass is 17.1. The highest BCUT2D eigenvalue weighted by molar-refractivity contribution is 5.23. The van der Waals surface area contributed by atoms with Crippen LogP contribution in [0.5, 0.6) is 0 Å². The predicted octanol–water partition coefficient (Wildman–Crippen LogP) is 2.67. The minimum absolute atomic E-state index is 0.127. The Morgan fingerprint density at radius 1 is 1.35 bits per heavy atom. The van der Waals surface area contributed by atoms with E-state index in [-0.39, 0.29) is 5.92 Å². The van der Waals surface area contributed by atoms with Crippen LogP contribution in [0.25, 0.3) is 0 Å². The first kappa shape index (κ1) is 13.2. The molecule has 3 saturated heterocycles. The van der Waals surface area contributed by atoms with E-state index < -0.39 is 24.0 Å². The average molecular weight is 282 g/mol. The second kappa shape index (κ2) is 4.05. The molecule has 3 aliphatic heterocycles.